The average Bonchev–Trinajstić information content (AvgIpc) is 0.783. The zero-order chi connectivity index (χ0) is 75.3. The standard InChI is InChI=1S/C85H141NO18/c1-3-5-7-9-11-13-15-17-19-21-23-25-27-28-29-30-31-32-33-34-35-36-37-38-39-40-41-43-45-47-49-51-53-55-57-59-61-63-73(91)86-68(69(90)62-60-58-56-54-52-50-48-46-44-42-26-24-22-20-18-16-14-12-10-8-6-4-2)67-99-83-79(97)76(94)81(71(65-88)101-83)104-85-80(98)77(95)82(72(66-89)102-85)103-84-78(96)75(93)74(92)70(64-87)100-84/h5,7,11,13,17,19,23,25,28-29,31-32,34-35,37-38,40-41,45,47,51,53,60,62,68-72,74-85,87-90,92-98H,3-4,6,8-10,12,14-16,18,20-22,24,26-27,30,33,36,39,42-44,46,48-50,52,54-59,61,63-67H2,1-2H3,(H,86,91)/b7-5-,13-11-,19-17-,25-23-,29-28-,32-31-,35-34-,38-37-,41-40-,47-45-,53-51-,62-60+. The molecule has 3 rings (SSSR count). The van der Waals surface area contributed by atoms with Gasteiger partial charge < -0.3 is 89.9 Å². The molecule has 0 aliphatic carbocycles. The van der Waals surface area contributed by atoms with Crippen LogP contribution in [0.4, 0.5) is 0 Å². The molecule has 0 spiro atoms. The normalized spacial score (nSPS) is 26.7. The third-order valence-electron chi connectivity index (χ3n) is 18.9. The lowest BCUT2D eigenvalue weighted by Crippen LogP contribution is -2.66. The van der Waals surface area contributed by atoms with Gasteiger partial charge in [0.15, 0.2) is 18.9 Å². The Bertz CT molecular complexity index is 2450. The van der Waals surface area contributed by atoms with Crippen LogP contribution in [-0.4, -0.2) is 193 Å². The third-order valence-corrected chi connectivity index (χ3v) is 18.9. The molecule has 0 aromatic carbocycles. The van der Waals surface area contributed by atoms with Crippen molar-refractivity contribution in [3.05, 3.63) is 146 Å². The van der Waals surface area contributed by atoms with Crippen LogP contribution in [0, 0.1) is 0 Å². The summed E-state index contributed by atoms with van der Waals surface area (Å²) < 4.78 is 34.4. The molecule has 594 valence electrons. The van der Waals surface area contributed by atoms with E-state index in [1.807, 2.05) is 6.08 Å². The van der Waals surface area contributed by atoms with Gasteiger partial charge >= 0.3 is 0 Å². The van der Waals surface area contributed by atoms with Gasteiger partial charge in [-0.25, -0.2) is 0 Å². The van der Waals surface area contributed by atoms with Crippen molar-refractivity contribution in [3.8, 4) is 0 Å². The predicted molar refractivity (Wildman–Crippen MR) is 415 cm³/mol. The third kappa shape index (κ3) is 43.0. The van der Waals surface area contributed by atoms with Crippen LogP contribution in [0.25, 0.3) is 0 Å². The number of carbonyl (C=O) groups is 1. The lowest BCUT2D eigenvalue weighted by atomic mass is 9.96. The minimum absolute atomic E-state index is 0.194. The van der Waals surface area contributed by atoms with Gasteiger partial charge in [-0.15, -0.1) is 0 Å². The van der Waals surface area contributed by atoms with Gasteiger partial charge in [0.1, 0.15) is 73.2 Å². The van der Waals surface area contributed by atoms with Crippen molar-refractivity contribution in [1.82, 2.24) is 5.32 Å². The van der Waals surface area contributed by atoms with E-state index in [0.717, 1.165) is 116 Å². The second kappa shape index (κ2) is 63.6. The number of aliphatic hydroxyl groups excluding tert-OH is 11. The molecule has 3 heterocycles. The van der Waals surface area contributed by atoms with Crippen molar-refractivity contribution >= 4 is 5.91 Å². The molecular formula is C85H141NO18. The molecule has 0 bridgehead atoms. The van der Waals surface area contributed by atoms with Crippen LogP contribution in [0.5, 0.6) is 0 Å². The fourth-order valence-electron chi connectivity index (χ4n) is 12.5. The lowest BCUT2D eigenvalue weighted by molar-refractivity contribution is -0.379. The maximum Gasteiger partial charge on any atom is 0.220 e. The Morgan fingerprint density at radius 3 is 1.04 bits per heavy atom. The number of hydrogen-bond acceptors (Lipinski definition) is 18. The topological polar surface area (TPSA) is 307 Å². The highest BCUT2D eigenvalue weighted by Gasteiger charge is 2.54. The first-order valence-electron chi connectivity index (χ1n) is 40.1. The summed E-state index contributed by atoms with van der Waals surface area (Å²) in [4.78, 5) is 13.5. The smallest absolute Gasteiger partial charge is 0.220 e. The molecule has 17 unspecified atom stereocenters. The molecule has 0 saturated carbocycles. The van der Waals surface area contributed by atoms with Crippen LogP contribution in [0.3, 0.4) is 0 Å². The predicted octanol–water partition coefficient (Wildman–Crippen LogP) is 13.4. The zero-order valence-corrected chi connectivity index (χ0v) is 63.4. The molecule has 12 N–H and O–H groups in total. The van der Waals surface area contributed by atoms with Gasteiger partial charge in [0.25, 0.3) is 0 Å². The minimum atomic E-state index is -1.99. The van der Waals surface area contributed by atoms with Gasteiger partial charge in [0, 0.05) is 6.42 Å². The van der Waals surface area contributed by atoms with Gasteiger partial charge in [-0.05, 0) is 103 Å². The summed E-state index contributed by atoms with van der Waals surface area (Å²) in [6, 6.07) is -1.00. The fraction of sp³-hybridized carbons (Fsp3) is 0.706. The maximum absolute atomic E-state index is 13.5. The molecule has 19 nitrogen and oxygen atoms in total. The first-order chi connectivity index (χ1) is 50.8. The van der Waals surface area contributed by atoms with Crippen LogP contribution >= 0.6 is 0 Å². The Morgan fingerprint density at radius 1 is 0.356 bits per heavy atom. The number of nitrogens with one attached hydrogen (secondary N) is 1. The second-order valence-electron chi connectivity index (χ2n) is 27.8. The fourth-order valence-corrected chi connectivity index (χ4v) is 12.5. The van der Waals surface area contributed by atoms with E-state index in [1.54, 1.807) is 6.08 Å². The second-order valence-corrected chi connectivity index (χ2v) is 27.8. The molecule has 0 aromatic rings. The SMILES string of the molecule is CC/C=C\C/C=C\C/C=C\C/C=C\C/C=C\C/C=C\C/C=C\C/C=C\C/C=C\C/C=C\C/C=C\CCCCCC(=O)NC(COC1OC(CO)C(OC2OC(CO)C(OC3OC(CO)C(O)C(O)C3O)C(O)C2O)C(O)C1O)C(O)/C=C/CCCCCCCCCCCCCCCCCCCCCC. The van der Waals surface area contributed by atoms with E-state index in [4.69, 9.17) is 28.4 Å². The molecule has 0 radical (unpaired) electrons. The molecule has 3 aliphatic heterocycles. The minimum Gasteiger partial charge on any atom is -0.394 e. The molecule has 3 saturated heterocycles. The highest BCUT2D eigenvalue weighted by molar-refractivity contribution is 5.76. The summed E-state index contributed by atoms with van der Waals surface area (Å²) in [7, 11) is 0. The summed E-state index contributed by atoms with van der Waals surface area (Å²) in [5.74, 6) is -0.312. The van der Waals surface area contributed by atoms with Gasteiger partial charge in [0.05, 0.1) is 38.6 Å². The first kappa shape index (κ1) is 93.9. The zero-order valence-electron chi connectivity index (χ0n) is 63.4. The summed E-state index contributed by atoms with van der Waals surface area (Å²) in [5, 5.41) is 121. The number of hydrogen-bond donors (Lipinski definition) is 12. The molecule has 3 fully saturated rings. The Kier molecular flexibility index (Phi) is 57.4. The first-order valence-corrected chi connectivity index (χ1v) is 40.1. The Hall–Kier alpha value is -4.33. The summed E-state index contributed by atoms with van der Waals surface area (Å²) in [5.41, 5.74) is 0. The number of unbranched alkanes of at least 4 members (excludes halogenated alkanes) is 23. The Labute approximate surface area is 625 Å². The highest BCUT2D eigenvalue weighted by atomic mass is 16.8. The number of aliphatic hydroxyl groups is 11. The van der Waals surface area contributed by atoms with Gasteiger partial charge in [-0.3, -0.25) is 4.79 Å². The lowest BCUT2D eigenvalue weighted by Gasteiger charge is -2.48. The van der Waals surface area contributed by atoms with Crippen LogP contribution in [-0.2, 0) is 33.2 Å². The molecule has 104 heavy (non-hydrogen) atoms. The van der Waals surface area contributed by atoms with Crippen molar-refractivity contribution in [3.63, 3.8) is 0 Å². The van der Waals surface area contributed by atoms with Crippen LogP contribution < -0.4 is 5.32 Å². The van der Waals surface area contributed by atoms with Gasteiger partial charge in [0.2, 0.25) is 5.91 Å². The van der Waals surface area contributed by atoms with Crippen molar-refractivity contribution in [2.24, 2.45) is 0 Å². The van der Waals surface area contributed by atoms with Crippen LogP contribution in [0.2, 0.25) is 0 Å². The Balaban J connectivity index is 1.40. The number of amides is 1. The summed E-state index contributed by atoms with van der Waals surface area (Å²) in [6.45, 7) is 1.60. The summed E-state index contributed by atoms with van der Waals surface area (Å²) >= 11 is 0. The quantitative estimate of drug-likeness (QED) is 0.0199. The summed E-state index contributed by atoms with van der Waals surface area (Å²) in [6.07, 6.45) is 65.3. The molecule has 3 aliphatic rings. The van der Waals surface area contributed by atoms with E-state index in [9.17, 15) is 61.0 Å². The molecule has 1 amide bonds. The molecular weight excluding hydrogens is 1320 g/mol. The van der Waals surface area contributed by atoms with Crippen molar-refractivity contribution in [1.29, 1.82) is 0 Å². The number of ether oxygens (including phenoxy) is 6. The van der Waals surface area contributed by atoms with E-state index in [0.29, 0.717) is 6.42 Å². The van der Waals surface area contributed by atoms with Crippen LogP contribution in [0.15, 0.2) is 146 Å². The van der Waals surface area contributed by atoms with E-state index >= 15 is 0 Å². The van der Waals surface area contributed by atoms with Gasteiger partial charge in [-0.2, -0.15) is 0 Å². The maximum atomic E-state index is 13.5. The largest absolute Gasteiger partial charge is 0.394 e. The number of allylic oxidation sites excluding steroid dienone is 23. The average molecular weight is 1470 g/mol. The van der Waals surface area contributed by atoms with Crippen molar-refractivity contribution in [2.75, 3.05) is 26.4 Å². The molecule has 19 heteroatoms. The van der Waals surface area contributed by atoms with Crippen LogP contribution in [0.1, 0.15) is 251 Å². The van der Waals surface area contributed by atoms with E-state index < -0.39 is 124 Å². The highest BCUT2D eigenvalue weighted by Crippen LogP contribution is 2.33. The molecule has 17 atom stereocenters. The molecule has 0 aromatic heterocycles. The van der Waals surface area contributed by atoms with E-state index in [1.165, 1.54) is 109 Å². The number of carbonyl (C=O) groups excluding carboxylic acids is 1. The van der Waals surface area contributed by atoms with Gasteiger partial charge in [-0.1, -0.05) is 288 Å². The van der Waals surface area contributed by atoms with E-state index in [-0.39, 0.29) is 18.9 Å². The number of rotatable bonds is 61. The van der Waals surface area contributed by atoms with E-state index in [2.05, 4.69) is 153 Å². The Morgan fingerprint density at radius 2 is 0.663 bits per heavy atom. The van der Waals surface area contributed by atoms with Crippen molar-refractivity contribution < 1.29 is 89.4 Å². The monoisotopic (exact) mass is 1460 g/mol. The van der Waals surface area contributed by atoms with Crippen molar-refractivity contribution in [2.45, 2.75) is 356 Å².